The maximum absolute atomic E-state index is 5.99. The summed E-state index contributed by atoms with van der Waals surface area (Å²) >= 11 is 7.82. The molecule has 0 aliphatic rings. The van der Waals surface area contributed by atoms with Crippen molar-refractivity contribution in [1.29, 1.82) is 0 Å². The summed E-state index contributed by atoms with van der Waals surface area (Å²) < 4.78 is 0. The first-order valence-corrected chi connectivity index (χ1v) is 9.78. The van der Waals surface area contributed by atoms with Gasteiger partial charge in [0.1, 0.15) is 0 Å². The quantitative estimate of drug-likeness (QED) is 0.256. The number of rotatable bonds is 12. The number of hydrogen-bond donors (Lipinski definition) is 1. The lowest BCUT2D eigenvalue weighted by molar-refractivity contribution is 0.563. The molecule has 0 bridgehead atoms. The van der Waals surface area contributed by atoms with Crippen LogP contribution in [-0.4, -0.2) is 5.75 Å². The minimum Gasteiger partial charge on any atom is -0.398 e. The van der Waals surface area contributed by atoms with Gasteiger partial charge in [-0.05, 0) is 30.4 Å². The van der Waals surface area contributed by atoms with E-state index in [9.17, 15) is 0 Å². The summed E-state index contributed by atoms with van der Waals surface area (Å²) in [5, 5.41) is 0.773. The zero-order chi connectivity index (χ0) is 15.3. The summed E-state index contributed by atoms with van der Waals surface area (Å²) in [6, 6.07) is 5.71. The van der Waals surface area contributed by atoms with E-state index in [4.69, 9.17) is 17.3 Å². The molecule has 0 aliphatic carbocycles. The van der Waals surface area contributed by atoms with Crippen LogP contribution in [0.4, 0.5) is 5.69 Å². The molecule has 1 nitrogen and oxygen atoms in total. The maximum atomic E-state index is 5.99. The van der Waals surface area contributed by atoms with Crippen LogP contribution in [0.2, 0.25) is 5.02 Å². The molecule has 21 heavy (non-hydrogen) atoms. The van der Waals surface area contributed by atoms with Gasteiger partial charge in [0.05, 0.1) is 0 Å². The fourth-order valence-corrected chi connectivity index (χ4v) is 3.66. The smallest absolute Gasteiger partial charge is 0.0453 e. The van der Waals surface area contributed by atoms with Crippen molar-refractivity contribution in [2.45, 2.75) is 76.0 Å². The van der Waals surface area contributed by atoms with Crippen molar-refractivity contribution in [3.05, 3.63) is 23.2 Å². The average Bonchev–Trinajstić information content (AvgIpc) is 2.48. The van der Waals surface area contributed by atoms with E-state index in [2.05, 4.69) is 6.92 Å². The summed E-state index contributed by atoms with van der Waals surface area (Å²) in [5.74, 6) is 1.14. The predicted molar refractivity (Wildman–Crippen MR) is 98.4 cm³/mol. The fraction of sp³-hybridized carbons (Fsp3) is 0.667. The maximum Gasteiger partial charge on any atom is 0.0453 e. The highest BCUT2D eigenvalue weighted by Gasteiger charge is 2.01. The second kappa shape index (κ2) is 12.2. The molecule has 0 saturated heterocycles. The molecule has 0 unspecified atom stereocenters. The number of benzene rings is 1. The lowest BCUT2D eigenvalue weighted by atomic mass is 10.1. The van der Waals surface area contributed by atoms with Crippen LogP contribution in [0.3, 0.4) is 0 Å². The molecule has 120 valence electrons. The number of nitrogen functional groups attached to an aromatic ring is 1. The Morgan fingerprint density at radius 3 is 2.10 bits per heavy atom. The molecule has 1 rings (SSSR count). The second-order valence-corrected chi connectivity index (χ2v) is 7.29. The predicted octanol–water partition coefficient (Wildman–Crippen LogP) is 6.94. The van der Waals surface area contributed by atoms with Crippen molar-refractivity contribution in [3.8, 4) is 0 Å². The van der Waals surface area contributed by atoms with Crippen molar-refractivity contribution in [2.75, 3.05) is 11.5 Å². The molecule has 1 aromatic rings. The van der Waals surface area contributed by atoms with Gasteiger partial charge in [-0.3, -0.25) is 0 Å². The number of thioether (sulfide) groups is 1. The first kappa shape index (κ1) is 18.7. The van der Waals surface area contributed by atoms with Gasteiger partial charge < -0.3 is 5.73 Å². The Hall–Kier alpha value is -0.340. The van der Waals surface area contributed by atoms with Gasteiger partial charge in [-0.25, -0.2) is 0 Å². The summed E-state index contributed by atoms with van der Waals surface area (Å²) in [7, 11) is 0. The van der Waals surface area contributed by atoms with Gasteiger partial charge >= 0.3 is 0 Å². The van der Waals surface area contributed by atoms with Crippen LogP contribution in [0.1, 0.15) is 71.1 Å². The molecular weight excluding hydrogens is 298 g/mol. The monoisotopic (exact) mass is 327 g/mol. The molecule has 0 heterocycles. The van der Waals surface area contributed by atoms with E-state index in [1.165, 1.54) is 64.2 Å². The molecule has 0 atom stereocenters. The number of hydrogen-bond acceptors (Lipinski definition) is 2. The van der Waals surface area contributed by atoms with E-state index >= 15 is 0 Å². The Kier molecular flexibility index (Phi) is 10.9. The largest absolute Gasteiger partial charge is 0.398 e. The first-order chi connectivity index (χ1) is 10.2. The molecule has 0 fully saturated rings. The molecular formula is C18H30ClNS. The Bertz CT molecular complexity index is 381. The molecule has 0 radical (unpaired) electrons. The van der Waals surface area contributed by atoms with E-state index < -0.39 is 0 Å². The van der Waals surface area contributed by atoms with E-state index in [1.54, 1.807) is 0 Å². The van der Waals surface area contributed by atoms with Crippen molar-refractivity contribution in [1.82, 2.24) is 0 Å². The molecule has 3 heteroatoms. The summed E-state index contributed by atoms with van der Waals surface area (Å²) in [6.45, 7) is 2.27. The van der Waals surface area contributed by atoms with Gasteiger partial charge in [0.15, 0.2) is 0 Å². The fourth-order valence-electron chi connectivity index (χ4n) is 2.40. The molecule has 0 aromatic heterocycles. The van der Waals surface area contributed by atoms with E-state index in [-0.39, 0.29) is 0 Å². The Labute approximate surface area is 140 Å². The molecule has 1 aromatic carbocycles. The van der Waals surface area contributed by atoms with Gasteiger partial charge in [0.25, 0.3) is 0 Å². The Morgan fingerprint density at radius 2 is 1.48 bits per heavy atom. The van der Waals surface area contributed by atoms with E-state index in [0.717, 1.165) is 21.4 Å². The van der Waals surface area contributed by atoms with Crippen molar-refractivity contribution in [2.24, 2.45) is 0 Å². The zero-order valence-electron chi connectivity index (χ0n) is 13.4. The summed E-state index contributed by atoms with van der Waals surface area (Å²) in [4.78, 5) is 1.12. The van der Waals surface area contributed by atoms with Crippen molar-refractivity contribution < 1.29 is 0 Å². The van der Waals surface area contributed by atoms with Gasteiger partial charge in [-0.1, -0.05) is 76.3 Å². The third kappa shape index (κ3) is 9.31. The lowest BCUT2D eigenvalue weighted by Crippen LogP contribution is -1.89. The second-order valence-electron chi connectivity index (χ2n) is 5.71. The van der Waals surface area contributed by atoms with Gasteiger partial charge in [-0.15, -0.1) is 11.8 Å². The minimum atomic E-state index is 0.773. The standard InChI is InChI=1S/C18H30ClNS/c1-2-3-4-5-6-7-8-9-10-11-14-21-18-15-16(19)12-13-17(18)20/h12-13,15H,2-11,14,20H2,1H3. The van der Waals surface area contributed by atoms with Crippen LogP contribution in [-0.2, 0) is 0 Å². The highest BCUT2D eigenvalue weighted by Crippen LogP contribution is 2.28. The van der Waals surface area contributed by atoms with Crippen LogP contribution in [0, 0.1) is 0 Å². The van der Waals surface area contributed by atoms with Crippen LogP contribution < -0.4 is 5.73 Å². The third-order valence-electron chi connectivity index (χ3n) is 3.73. The van der Waals surface area contributed by atoms with E-state index in [0.29, 0.717) is 0 Å². The Balaban J connectivity index is 1.94. The molecule has 2 N–H and O–H groups in total. The normalized spacial score (nSPS) is 11.0. The average molecular weight is 328 g/mol. The highest BCUT2D eigenvalue weighted by atomic mass is 35.5. The SMILES string of the molecule is CCCCCCCCCCCCSc1cc(Cl)ccc1N. The topological polar surface area (TPSA) is 26.0 Å². The van der Waals surface area contributed by atoms with Crippen LogP contribution >= 0.6 is 23.4 Å². The summed E-state index contributed by atoms with van der Waals surface area (Å²) in [5.41, 5.74) is 6.78. The number of nitrogens with two attached hydrogens (primary N) is 1. The van der Waals surface area contributed by atoms with Gasteiger partial charge in [0.2, 0.25) is 0 Å². The van der Waals surface area contributed by atoms with Gasteiger partial charge in [-0.2, -0.15) is 0 Å². The molecule has 0 amide bonds. The lowest BCUT2D eigenvalue weighted by Gasteiger charge is -2.06. The highest BCUT2D eigenvalue weighted by molar-refractivity contribution is 7.99. The molecule has 0 aliphatic heterocycles. The molecule has 0 saturated carbocycles. The zero-order valence-corrected chi connectivity index (χ0v) is 14.9. The Morgan fingerprint density at radius 1 is 0.905 bits per heavy atom. The number of anilines is 1. The van der Waals surface area contributed by atoms with Crippen LogP contribution in [0.15, 0.2) is 23.1 Å². The summed E-state index contributed by atoms with van der Waals surface area (Å²) in [6.07, 6.45) is 13.8. The van der Waals surface area contributed by atoms with Gasteiger partial charge in [0, 0.05) is 15.6 Å². The minimum absolute atomic E-state index is 0.773. The first-order valence-electron chi connectivity index (χ1n) is 8.42. The number of unbranched alkanes of at least 4 members (excludes halogenated alkanes) is 9. The van der Waals surface area contributed by atoms with Crippen LogP contribution in [0.5, 0.6) is 0 Å². The van der Waals surface area contributed by atoms with Crippen LogP contribution in [0.25, 0.3) is 0 Å². The van der Waals surface area contributed by atoms with Crippen molar-refractivity contribution >= 4 is 29.1 Å². The third-order valence-corrected chi connectivity index (χ3v) is 5.12. The molecule has 0 spiro atoms. The van der Waals surface area contributed by atoms with Crippen molar-refractivity contribution in [3.63, 3.8) is 0 Å². The number of halogens is 1. The van der Waals surface area contributed by atoms with E-state index in [1.807, 2.05) is 30.0 Å².